The molecule has 1 unspecified atom stereocenters. The van der Waals surface area contributed by atoms with Crippen molar-refractivity contribution in [3.8, 4) is 0 Å². The standard InChI is InChI=1S/C13H18N4O2/c1-9-3-2-4-16-10(9)7-12(18)17-6-5-15-8-11(17)13(14)19/h2-4,11,15H,5-8H2,1H3,(H2,14,19). The summed E-state index contributed by atoms with van der Waals surface area (Å²) in [6, 6.07) is 3.18. The normalized spacial score (nSPS) is 19.2. The molecule has 0 saturated carbocycles. The van der Waals surface area contributed by atoms with E-state index in [2.05, 4.69) is 10.3 Å². The Bertz CT molecular complexity index is 489. The molecular formula is C13H18N4O2. The van der Waals surface area contributed by atoms with Crippen molar-refractivity contribution in [3.63, 3.8) is 0 Å². The number of nitrogens with zero attached hydrogens (tertiary/aromatic N) is 2. The number of carbonyl (C=O) groups is 2. The minimum Gasteiger partial charge on any atom is -0.368 e. The van der Waals surface area contributed by atoms with Crippen molar-refractivity contribution in [2.75, 3.05) is 19.6 Å². The number of primary amides is 1. The first-order chi connectivity index (χ1) is 9.09. The van der Waals surface area contributed by atoms with Gasteiger partial charge >= 0.3 is 0 Å². The highest BCUT2D eigenvalue weighted by atomic mass is 16.2. The van der Waals surface area contributed by atoms with Crippen LogP contribution in [-0.4, -0.2) is 47.4 Å². The third-order valence-electron chi connectivity index (χ3n) is 3.33. The third kappa shape index (κ3) is 3.08. The van der Waals surface area contributed by atoms with Gasteiger partial charge in [-0.2, -0.15) is 0 Å². The number of nitrogens with one attached hydrogen (secondary N) is 1. The molecule has 2 amide bonds. The van der Waals surface area contributed by atoms with Crippen LogP contribution in [0.25, 0.3) is 0 Å². The van der Waals surface area contributed by atoms with E-state index in [1.54, 1.807) is 11.1 Å². The Morgan fingerprint density at radius 1 is 1.58 bits per heavy atom. The Labute approximate surface area is 112 Å². The number of piperazine rings is 1. The highest BCUT2D eigenvalue weighted by Crippen LogP contribution is 2.09. The molecule has 1 saturated heterocycles. The van der Waals surface area contributed by atoms with E-state index in [1.165, 1.54) is 0 Å². The molecule has 1 aromatic rings. The molecule has 1 aliphatic rings. The van der Waals surface area contributed by atoms with Gasteiger partial charge in [0.25, 0.3) is 0 Å². The van der Waals surface area contributed by atoms with E-state index in [-0.39, 0.29) is 12.3 Å². The van der Waals surface area contributed by atoms with Crippen LogP contribution in [0.2, 0.25) is 0 Å². The fourth-order valence-corrected chi connectivity index (χ4v) is 2.21. The third-order valence-corrected chi connectivity index (χ3v) is 3.33. The molecule has 1 atom stereocenters. The SMILES string of the molecule is Cc1cccnc1CC(=O)N1CCNCC1C(N)=O. The summed E-state index contributed by atoms with van der Waals surface area (Å²) in [4.78, 5) is 29.4. The first-order valence-corrected chi connectivity index (χ1v) is 6.29. The minimum atomic E-state index is -0.565. The van der Waals surface area contributed by atoms with E-state index in [0.717, 1.165) is 11.3 Å². The van der Waals surface area contributed by atoms with Gasteiger partial charge in [0.1, 0.15) is 6.04 Å². The number of aromatic nitrogens is 1. The maximum absolute atomic E-state index is 12.3. The van der Waals surface area contributed by atoms with Crippen molar-refractivity contribution in [2.45, 2.75) is 19.4 Å². The molecule has 1 fully saturated rings. The molecule has 19 heavy (non-hydrogen) atoms. The van der Waals surface area contributed by atoms with E-state index < -0.39 is 11.9 Å². The Balaban J connectivity index is 2.10. The van der Waals surface area contributed by atoms with Crippen LogP contribution in [-0.2, 0) is 16.0 Å². The molecular weight excluding hydrogens is 244 g/mol. The lowest BCUT2D eigenvalue weighted by Gasteiger charge is -2.34. The second-order valence-corrected chi connectivity index (χ2v) is 4.65. The van der Waals surface area contributed by atoms with Gasteiger partial charge in [0.15, 0.2) is 0 Å². The van der Waals surface area contributed by atoms with Crippen LogP contribution >= 0.6 is 0 Å². The molecule has 6 heteroatoms. The van der Waals surface area contributed by atoms with Gasteiger partial charge in [-0.3, -0.25) is 14.6 Å². The summed E-state index contributed by atoms with van der Waals surface area (Å²) in [5, 5.41) is 3.07. The number of amides is 2. The molecule has 2 heterocycles. The summed E-state index contributed by atoms with van der Waals surface area (Å²) in [7, 11) is 0. The average Bonchev–Trinajstić information content (AvgIpc) is 2.41. The summed E-state index contributed by atoms with van der Waals surface area (Å²) in [5.74, 6) is -0.578. The lowest BCUT2D eigenvalue weighted by molar-refractivity contribution is -0.139. The topological polar surface area (TPSA) is 88.3 Å². The Kier molecular flexibility index (Phi) is 4.11. The van der Waals surface area contributed by atoms with Crippen LogP contribution < -0.4 is 11.1 Å². The van der Waals surface area contributed by atoms with Gasteiger partial charge in [-0.25, -0.2) is 0 Å². The van der Waals surface area contributed by atoms with Gasteiger partial charge < -0.3 is 16.0 Å². The quantitative estimate of drug-likeness (QED) is 0.748. The number of hydrogen-bond acceptors (Lipinski definition) is 4. The van der Waals surface area contributed by atoms with Crippen molar-refractivity contribution in [1.82, 2.24) is 15.2 Å². The minimum absolute atomic E-state index is 0.105. The van der Waals surface area contributed by atoms with E-state index in [0.29, 0.717) is 19.6 Å². The number of aryl methyl sites for hydroxylation is 1. The lowest BCUT2D eigenvalue weighted by atomic mass is 10.1. The molecule has 2 rings (SSSR count). The smallest absolute Gasteiger partial charge is 0.241 e. The van der Waals surface area contributed by atoms with Gasteiger partial charge in [-0.1, -0.05) is 6.07 Å². The largest absolute Gasteiger partial charge is 0.368 e. The molecule has 3 N–H and O–H groups in total. The van der Waals surface area contributed by atoms with Crippen LogP contribution in [0.1, 0.15) is 11.3 Å². The van der Waals surface area contributed by atoms with Crippen LogP contribution in [0.15, 0.2) is 18.3 Å². The zero-order chi connectivity index (χ0) is 13.8. The van der Waals surface area contributed by atoms with Gasteiger partial charge in [0.2, 0.25) is 11.8 Å². The van der Waals surface area contributed by atoms with Crippen molar-refractivity contribution in [2.24, 2.45) is 5.73 Å². The highest BCUT2D eigenvalue weighted by molar-refractivity contribution is 5.88. The Hall–Kier alpha value is -1.95. The zero-order valence-electron chi connectivity index (χ0n) is 10.9. The number of hydrogen-bond donors (Lipinski definition) is 2. The molecule has 0 aliphatic carbocycles. The second-order valence-electron chi connectivity index (χ2n) is 4.65. The summed E-state index contributed by atoms with van der Waals surface area (Å²) in [6.07, 6.45) is 1.87. The maximum Gasteiger partial charge on any atom is 0.241 e. The summed E-state index contributed by atoms with van der Waals surface area (Å²) < 4.78 is 0. The molecule has 0 spiro atoms. The highest BCUT2D eigenvalue weighted by Gasteiger charge is 2.30. The van der Waals surface area contributed by atoms with Gasteiger partial charge in [-0.05, 0) is 18.6 Å². The fourth-order valence-electron chi connectivity index (χ4n) is 2.21. The van der Waals surface area contributed by atoms with Crippen molar-refractivity contribution in [3.05, 3.63) is 29.6 Å². The predicted octanol–water partition coefficient (Wildman–Crippen LogP) is -0.782. The van der Waals surface area contributed by atoms with Crippen LogP contribution in [0.3, 0.4) is 0 Å². The maximum atomic E-state index is 12.3. The van der Waals surface area contributed by atoms with Crippen LogP contribution in [0.5, 0.6) is 0 Å². The fraction of sp³-hybridized carbons (Fsp3) is 0.462. The zero-order valence-corrected chi connectivity index (χ0v) is 10.9. The van der Waals surface area contributed by atoms with Gasteiger partial charge in [0, 0.05) is 25.8 Å². The number of pyridine rings is 1. The van der Waals surface area contributed by atoms with Gasteiger partial charge in [0.05, 0.1) is 12.1 Å². The molecule has 0 aromatic carbocycles. The monoisotopic (exact) mass is 262 g/mol. The predicted molar refractivity (Wildman–Crippen MR) is 70.2 cm³/mol. The second kappa shape index (κ2) is 5.79. The lowest BCUT2D eigenvalue weighted by Crippen LogP contribution is -2.59. The number of nitrogens with two attached hydrogens (primary N) is 1. The molecule has 102 valence electrons. The number of carbonyl (C=O) groups excluding carboxylic acids is 2. The number of rotatable bonds is 3. The van der Waals surface area contributed by atoms with E-state index in [1.807, 2.05) is 19.1 Å². The molecule has 0 bridgehead atoms. The van der Waals surface area contributed by atoms with Crippen molar-refractivity contribution >= 4 is 11.8 Å². The van der Waals surface area contributed by atoms with Crippen molar-refractivity contribution < 1.29 is 9.59 Å². The van der Waals surface area contributed by atoms with Crippen LogP contribution in [0, 0.1) is 6.92 Å². The first kappa shape index (κ1) is 13.5. The average molecular weight is 262 g/mol. The van der Waals surface area contributed by atoms with Crippen molar-refractivity contribution in [1.29, 1.82) is 0 Å². The first-order valence-electron chi connectivity index (χ1n) is 6.29. The summed E-state index contributed by atoms with van der Waals surface area (Å²) >= 11 is 0. The Morgan fingerprint density at radius 3 is 3.05 bits per heavy atom. The molecule has 0 radical (unpaired) electrons. The molecule has 6 nitrogen and oxygen atoms in total. The van der Waals surface area contributed by atoms with E-state index >= 15 is 0 Å². The summed E-state index contributed by atoms with van der Waals surface area (Å²) in [5.41, 5.74) is 7.05. The van der Waals surface area contributed by atoms with E-state index in [4.69, 9.17) is 5.73 Å². The molecule has 1 aliphatic heterocycles. The van der Waals surface area contributed by atoms with Crippen LogP contribution in [0.4, 0.5) is 0 Å². The van der Waals surface area contributed by atoms with Gasteiger partial charge in [-0.15, -0.1) is 0 Å². The Morgan fingerprint density at radius 2 is 2.37 bits per heavy atom. The van der Waals surface area contributed by atoms with E-state index in [9.17, 15) is 9.59 Å². The molecule has 1 aromatic heterocycles. The summed E-state index contributed by atoms with van der Waals surface area (Å²) in [6.45, 7) is 3.51.